The molecule has 0 amide bonds. The lowest BCUT2D eigenvalue weighted by molar-refractivity contribution is 0.170. The van der Waals surface area contributed by atoms with E-state index in [2.05, 4.69) is 31.1 Å². The fourth-order valence-electron chi connectivity index (χ4n) is 2.91. The Balaban J connectivity index is 1.74. The van der Waals surface area contributed by atoms with Gasteiger partial charge in [0, 0.05) is 18.6 Å². The van der Waals surface area contributed by atoms with Crippen LogP contribution in [0.2, 0.25) is 0 Å². The van der Waals surface area contributed by atoms with Crippen LogP contribution >= 0.6 is 0 Å². The Morgan fingerprint density at radius 1 is 1.33 bits per heavy atom. The second kappa shape index (κ2) is 4.84. The van der Waals surface area contributed by atoms with Gasteiger partial charge in [-0.05, 0) is 65.0 Å². The lowest BCUT2D eigenvalue weighted by atomic mass is 9.92. The van der Waals surface area contributed by atoms with Gasteiger partial charge in [-0.1, -0.05) is 0 Å². The summed E-state index contributed by atoms with van der Waals surface area (Å²) in [6.07, 6.45) is 5.66. The van der Waals surface area contributed by atoms with Crippen LogP contribution in [0.3, 0.4) is 0 Å². The van der Waals surface area contributed by atoms with Gasteiger partial charge < -0.3 is 10.2 Å². The van der Waals surface area contributed by atoms with Crippen molar-refractivity contribution in [3.8, 4) is 0 Å². The van der Waals surface area contributed by atoms with E-state index in [1.165, 1.54) is 38.8 Å². The minimum absolute atomic E-state index is 0.730. The van der Waals surface area contributed by atoms with Crippen molar-refractivity contribution < 1.29 is 0 Å². The van der Waals surface area contributed by atoms with E-state index in [-0.39, 0.29) is 0 Å². The van der Waals surface area contributed by atoms with Gasteiger partial charge in [-0.15, -0.1) is 0 Å². The maximum absolute atomic E-state index is 3.53. The molecule has 88 valence electrons. The van der Waals surface area contributed by atoms with Crippen molar-refractivity contribution in [2.45, 2.75) is 51.6 Å². The fraction of sp³-hybridized carbons (Fsp3) is 1.00. The average Bonchev–Trinajstić information content (AvgIpc) is 2.99. The number of rotatable bonds is 4. The Hall–Kier alpha value is -0.0800. The van der Waals surface area contributed by atoms with E-state index in [0.717, 1.165) is 23.9 Å². The van der Waals surface area contributed by atoms with Crippen LogP contribution in [-0.4, -0.2) is 37.1 Å². The summed E-state index contributed by atoms with van der Waals surface area (Å²) in [5, 5.41) is 3.53. The molecule has 1 N–H and O–H groups in total. The van der Waals surface area contributed by atoms with Gasteiger partial charge in [0.15, 0.2) is 0 Å². The van der Waals surface area contributed by atoms with Gasteiger partial charge in [0.25, 0.3) is 0 Å². The third-order valence-electron chi connectivity index (χ3n) is 4.28. The van der Waals surface area contributed by atoms with Crippen LogP contribution < -0.4 is 5.32 Å². The van der Waals surface area contributed by atoms with Crippen LogP contribution in [0, 0.1) is 11.8 Å². The monoisotopic (exact) mass is 210 g/mol. The Kier molecular flexibility index (Phi) is 3.68. The molecular weight excluding hydrogens is 184 g/mol. The standard InChI is InChI=1S/C13H26N2/c1-10-8-12(6-7-14-10)9-15(3)11(2)13-4-5-13/h10-14H,4-9H2,1-3H3. The number of piperidine rings is 1. The molecule has 2 fully saturated rings. The minimum Gasteiger partial charge on any atom is -0.314 e. The second-order valence-corrected chi connectivity index (χ2v) is 5.76. The molecule has 2 heteroatoms. The molecule has 2 rings (SSSR count). The van der Waals surface area contributed by atoms with Crippen molar-refractivity contribution in [1.82, 2.24) is 10.2 Å². The van der Waals surface area contributed by atoms with Gasteiger partial charge in [0.2, 0.25) is 0 Å². The third kappa shape index (κ3) is 3.18. The molecule has 1 aliphatic heterocycles. The number of nitrogens with zero attached hydrogens (tertiary/aromatic N) is 1. The van der Waals surface area contributed by atoms with E-state index in [9.17, 15) is 0 Å². The predicted molar refractivity (Wildman–Crippen MR) is 65.0 cm³/mol. The first-order valence-electron chi connectivity index (χ1n) is 6.60. The maximum Gasteiger partial charge on any atom is 0.00922 e. The summed E-state index contributed by atoms with van der Waals surface area (Å²) in [6.45, 7) is 7.25. The van der Waals surface area contributed by atoms with Crippen molar-refractivity contribution >= 4 is 0 Å². The van der Waals surface area contributed by atoms with Crippen LogP contribution in [0.1, 0.15) is 39.5 Å². The van der Waals surface area contributed by atoms with Crippen molar-refractivity contribution in [1.29, 1.82) is 0 Å². The molecule has 0 bridgehead atoms. The van der Waals surface area contributed by atoms with Gasteiger partial charge in [0.1, 0.15) is 0 Å². The molecule has 0 aromatic carbocycles. The molecule has 2 nitrogen and oxygen atoms in total. The van der Waals surface area contributed by atoms with Crippen LogP contribution in [0.5, 0.6) is 0 Å². The van der Waals surface area contributed by atoms with Gasteiger partial charge >= 0.3 is 0 Å². The summed E-state index contributed by atoms with van der Waals surface area (Å²) >= 11 is 0. The van der Waals surface area contributed by atoms with Crippen LogP contribution in [0.15, 0.2) is 0 Å². The van der Waals surface area contributed by atoms with E-state index in [1.54, 1.807) is 0 Å². The Labute approximate surface area is 94.4 Å². The van der Waals surface area contributed by atoms with Crippen molar-refractivity contribution in [2.75, 3.05) is 20.1 Å². The first kappa shape index (κ1) is 11.4. The SMILES string of the molecule is CC1CC(CN(C)C(C)C2CC2)CCN1. The summed E-state index contributed by atoms with van der Waals surface area (Å²) in [5.74, 6) is 1.93. The molecule has 3 unspecified atom stereocenters. The predicted octanol–water partition coefficient (Wildman–Crippen LogP) is 2.10. The number of nitrogens with one attached hydrogen (secondary N) is 1. The normalized spacial score (nSPS) is 34.4. The molecule has 15 heavy (non-hydrogen) atoms. The van der Waals surface area contributed by atoms with Crippen LogP contribution in [0.25, 0.3) is 0 Å². The van der Waals surface area contributed by atoms with E-state index < -0.39 is 0 Å². The van der Waals surface area contributed by atoms with Crippen LogP contribution in [0.4, 0.5) is 0 Å². The van der Waals surface area contributed by atoms with E-state index in [4.69, 9.17) is 0 Å². The highest BCUT2D eigenvalue weighted by Gasteiger charge is 2.31. The molecule has 0 aromatic rings. The van der Waals surface area contributed by atoms with E-state index in [0.29, 0.717) is 0 Å². The topological polar surface area (TPSA) is 15.3 Å². The molecule has 3 atom stereocenters. The summed E-state index contributed by atoms with van der Waals surface area (Å²) in [7, 11) is 2.32. The quantitative estimate of drug-likeness (QED) is 0.764. The molecule has 1 saturated heterocycles. The zero-order valence-electron chi connectivity index (χ0n) is 10.5. The smallest absolute Gasteiger partial charge is 0.00922 e. The summed E-state index contributed by atoms with van der Waals surface area (Å²) in [4.78, 5) is 2.60. The maximum atomic E-state index is 3.53. The molecule has 0 spiro atoms. The van der Waals surface area contributed by atoms with Gasteiger partial charge in [-0.25, -0.2) is 0 Å². The van der Waals surface area contributed by atoms with Gasteiger partial charge in [0.05, 0.1) is 0 Å². The first-order valence-corrected chi connectivity index (χ1v) is 6.60. The highest BCUT2D eigenvalue weighted by molar-refractivity contribution is 4.86. The second-order valence-electron chi connectivity index (χ2n) is 5.76. The Morgan fingerprint density at radius 3 is 2.67 bits per heavy atom. The van der Waals surface area contributed by atoms with E-state index in [1.807, 2.05) is 0 Å². The fourth-order valence-corrected chi connectivity index (χ4v) is 2.91. The highest BCUT2D eigenvalue weighted by Crippen LogP contribution is 2.35. The van der Waals surface area contributed by atoms with Gasteiger partial charge in [-0.3, -0.25) is 0 Å². The molecule has 0 aromatic heterocycles. The minimum atomic E-state index is 0.730. The summed E-state index contributed by atoms with van der Waals surface area (Å²) < 4.78 is 0. The number of hydrogen-bond donors (Lipinski definition) is 1. The van der Waals surface area contributed by atoms with Gasteiger partial charge in [-0.2, -0.15) is 0 Å². The van der Waals surface area contributed by atoms with Crippen molar-refractivity contribution in [3.05, 3.63) is 0 Å². The zero-order chi connectivity index (χ0) is 10.8. The van der Waals surface area contributed by atoms with Crippen molar-refractivity contribution in [2.24, 2.45) is 11.8 Å². The summed E-state index contributed by atoms with van der Waals surface area (Å²) in [5.41, 5.74) is 0. The van der Waals surface area contributed by atoms with Crippen molar-refractivity contribution in [3.63, 3.8) is 0 Å². The van der Waals surface area contributed by atoms with E-state index >= 15 is 0 Å². The zero-order valence-corrected chi connectivity index (χ0v) is 10.5. The molecule has 0 radical (unpaired) electrons. The molecule has 1 heterocycles. The number of hydrogen-bond acceptors (Lipinski definition) is 2. The van der Waals surface area contributed by atoms with Crippen LogP contribution in [-0.2, 0) is 0 Å². The lowest BCUT2D eigenvalue weighted by Gasteiger charge is -2.33. The lowest BCUT2D eigenvalue weighted by Crippen LogP contribution is -2.42. The first-order chi connectivity index (χ1) is 7.16. The average molecular weight is 210 g/mol. The third-order valence-corrected chi connectivity index (χ3v) is 4.28. The molecule has 1 saturated carbocycles. The summed E-state index contributed by atoms with van der Waals surface area (Å²) in [6, 6.07) is 1.54. The largest absolute Gasteiger partial charge is 0.314 e. The molecular formula is C13H26N2. The highest BCUT2D eigenvalue weighted by atomic mass is 15.1. The molecule has 2 aliphatic rings. The Morgan fingerprint density at radius 2 is 2.07 bits per heavy atom. The Bertz CT molecular complexity index is 201. The molecule has 1 aliphatic carbocycles.